The molecule has 2 aromatic carbocycles. The largest absolute Gasteiger partial charge is 0.497 e. The van der Waals surface area contributed by atoms with E-state index in [4.69, 9.17) is 19.2 Å². The van der Waals surface area contributed by atoms with Crippen molar-refractivity contribution in [1.82, 2.24) is 29.1 Å². The van der Waals surface area contributed by atoms with Crippen molar-refractivity contribution in [2.75, 3.05) is 49.8 Å². The lowest BCUT2D eigenvalue weighted by molar-refractivity contribution is 0.0882. The third-order valence-corrected chi connectivity index (χ3v) is 9.29. The van der Waals surface area contributed by atoms with Gasteiger partial charge in [-0.05, 0) is 35.9 Å². The third kappa shape index (κ3) is 7.39. The summed E-state index contributed by atoms with van der Waals surface area (Å²) in [6, 6.07) is 10.9. The maximum absolute atomic E-state index is 15.1. The average molecular weight is 686 g/mol. The van der Waals surface area contributed by atoms with Gasteiger partial charge in [0.2, 0.25) is 18.3 Å². The van der Waals surface area contributed by atoms with Crippen molar-refractivity contribution in [3.63, 3.8) is 0 Å². The molecule has 1 saturated heterocycles. The van der Waals surface area contributed by atoms with Gasteiger partial charge in [-0.1, -0.05) is 25.2 Å². The fraction of sp³-hybridized carbons (Fsp3) is 0.438. The molecule has 0 bridgehead atoms. The Hall–Kier alpha value is -4.28. The van der Waals surface area contributed by atoms with Crippen molar-refractivity contribution < 1.29 is 31.8 Å². The van der Waals surface area contributed by atoms with Crippen molar-refractivity contribution in [1.29, 1.82) is 0 Å². The van der Waals surface area contributed by atoms with Crippen molar-refractivity contribution in [2.45, 2.75) is 51.8 Å². The van der Waals surface area contributed by atoms with Crippen molar-refractivity contribution >= 4 is 37.4 Å². The molecule has 4 heterocycles. The molecule has 1 radical (unpaired) electrons. The van der Waals surface area contributed by atoms with E-state index in [1.165, 1.54) is 16.8 Å². The van der Waals surface area contributed by atoms with Crippen LogP contribution in [0.2, 0.25) is 19.1 Å². The minimum absolute atomic E-state index is 0.0560. The van der Waals surface area contributed by atoms with Crippen LogP contribution in [0.5, 0.6) is 5.75 Å². The van der Waals surface area contributed by atoms with Crippen molar-refractivity contribution in [3.8, 4) is 5.75 Å². The van der Waals surface area contributed by atoms with Crippen molar-refractivity contribution in [3.05, 3.63) is 71.2 Å². The number of morpholine rings is 1. The molecule has 1 aliphatic rings. The smallest absolute Gasteiger partial charge is 0.242 e. The zero-order chi connectivity index (χ0) is 33.8. The van der Waals surface area contributed by atoms with Gasteiger partial charge in [0.25, 0.3) is 0 Å². The average Bonchev–Trinajstić information content (AvgIpc) is 3.65. The predicted octanol–water partition coefficient (Wildman–Crippen LogP) is 5.34. The molecule has 0 amide bonds. The molecule has 16 heteroatoms. The first-order chi connectivity index (χ1) is 23.2. The second-order valence-electron chi connectivity index (χ2n) is 11.8. The van der Waals surface area contributed by atoms with E-state index in [0.29, 0.717) is 61.9 Å². The summed E-state index contributed by atoms with van der Waals surface area (Å²) in [5.74, 6) is -0.333. The highest BCUT2D eigenvalue weighted by atomic mass is 28.3. The molecular weight excluding hydrogens is 648 g/mol. The number of alkyl halides is 2. The molecule has 1 aliphatic heterocycles. The van der Waals surface area contributed by atoms with Crippen LogP contribution in [-0.4, -0.2) is 84.4 Å². The number of anilines is 2. The highest BCUT2D eigenvalue weighted by Gasteiger charge is 2.26. The second-order valence-corrected chi connectivity index (χ2v) is 14.7. The number of hydrogen-bond acceptors (Lipinski definition) is 9. The Labute approximate surface area is 276 Å². The van der Waals surface area contributed by atoms with Gasteiger partial charge < -0.3 is 28.6 Å². The number of imidazole rings is 1. The second kappa shape index (κ2) is 14.9. The summed E-state index contributed by atoms with van der Waals surface area (Å²) in [5, 5.41) is 4.45. The summed E-state index contributed by atoms with van der Waals surface area (Å²) in [4.78, 5) is 18.0. The maximum Gasteiger partial charge on any atom is 0.242 e. The topological polar surface area (TPSA) is 95.1 Å². The molecule has 3 aromatic heterocycles. The molecule has 0 aliphatic carbocycles. The standard InChI is InChI=1S/C32H37F4N8O3Si/c1-45-23-6-4-21(5-7-23)18-42(19-27-38-29-25(9-8-24(33)28(29)36)43(27)20-47-14-15-48(2)3)32-40-31(41-10-12-46-13-11-41)39-30-22(16-26(34)35)17-37-44(30)32/h4-9,17,26H,10-16,18-20H2,1-3H3. The SMILES string of the molecule is COc1ccc(CN(Cc2nc3c(F)c(F)ccc3n2COCC[Si](C)C)c2nc(N3CCOCC3)nc3c(CC(F)F)cnn23)cc1. The molecule has 1 fully saturated rings. The van der Waals surface area contributed by atoms with Gasteiger partial charge in [-0.25, -0.2) is 22.5 Å². The summed E-state index contributed by atoms with van der Waals surface area (Å²) < 4.78 is 76.8. The van der Waals surface area contributed by atoms with E-state index in [9.17, 15) is 13.2 Å². The molecule has 0 saturated carbocycles. The fourth-order valence-electron chi connectivity index (χ4n) is 5.52. The number of hydrogen-bond donors (Lipinski definition) is 0. The van der Waals surface area contributed by atoms with Crippen LogP contribution in [0, 0.1) is 11.6 Å². The zero-order valence-corrected chi connectivity index (χ0v) is 28.0. The first kappa shape index (κ1) is 33.6. The third-order valence-electron chi connectivity index (χ3n) is 8.09. The van der Waals surface area contributed by atoms with Crippen molar-refractivity contribution in [2.24, 2.45) is 0 Å². The fourth-order valence-corrected chi connectivity index (χ4v) is 6.07. The zero-order valence-electron chi connectivity index (χ0n) is 27.0. The molecule has 255 valence electrons. The molecule has 0 unspecified atom stereocenters. The number of nitrogens with zero attached hydrogens (tertiary/aromatic N) is 8. The molecule has 0 atom stereocenters. The number of ether oxygens (including phenoxy) is 3. The molecular formula is C32H37F4N8O3Si. The van der Waals surface area contributed by atoms with E-state index in [2.05, 4.69) is 28.2 Å². The molecule has 48 heavy (non-hydrogen) atoms. The van der Waals surface area contributed by atoms with Gasteiger partial charge in [-0.2, -0.15) is 19.6 Å². The Morgan fingerprint density at radius 1 is 1.00 bits per heavy atom. The Kier molecular flexibility index (Phi) is 10.4. The van der Waals surface area contributed by atoms with Gasteiger partial charge in [-0.3, -0.25) is 0 Å². The Morgan fingerprint density at radius 2 is 1.77 bits per heavy atom. The highest BCUT2D eigenvalue weighted by molar-refractivity contribution is 6.55. The number of fused-ring (bicyclic) bond motifs is 2. The van der Waals surface area contributed by atoms with Gasteiger partial charge in [0.05, 0.1) is 38.6 Å². The number of rotatable bonds is 14. The van der Waals surface area contributed by atoms with Crippen LogP contribution in [0.1, 0.15) is 17.0 Å². The lowest BCUT2D eigenvalue weighted by Crippen LogP contribution is -2.38. The molecule has 0 N–H and O–H groups in total. The van der Waals surface area contributed by atoms with E-state index in [1.54, 1.807) is 11.7 Å². The van der Waals surface area contributed by atoms with Gasteiger partial charge in [0.1, 0.15) is 23.8 Å². The van der Waals surface area contributed by atoms with E-state index in [-0.39, 0.29) is 36.5 Å². The summed E-state index contributed by atoms with van der Waals surface area (Å²) >= 11 is 0. The first-order valence-electron chi connectivity index (χ1n) is 15.6. The lowest BCUT2D eigenvalue weighted by Gasteiger charge is -2.29. The first-order valence-corrected chi connectivity index (χ1v) is 18.4. The van der Waals surface area contributed by atoms with Crippen LogP contribution >= 0.6 is 0 Å². The number of methoxy groups -OCH3 is 1. The monoisotopic (exact) mass is 685 g/mol. The van der Waals surface area contributed by atoms with Gasteiger partial charge in [-0.15, -0.1) is 0 Å². The van der Waals surface area contributed by atoms with E-state index >= 15 is 4.39 Å². The molecule has 11 nitrogen and oxygen atoms in total. The summed E-state index contributed by atoms with van der Waals surface area (Å²) in [6.45, 7) is 7.25. The number of halogens is 4. The van der Waals surface area contributed by atoms with Crippen LogP contribution in [0.25, 0.3) is 16.7 Å². The van der Waals surface area contributed by atoms with Crippen LogP contribution < -0.4 is 14.5 Å². The molecule has 5 aromatic rings. The van der Waals surface area contributed by atoms with E-state index < -0.39 is 33.3 Å². The van der Waals surface area contributed by atoms with Crippen LogP contribution in [0.15, 0.2) is 42.6 Å². The normalized spacial score (nSPS) is 13.8. The lowest BCUT2D eigenvalue weighted by atomic mass is 10.2. The summed E-state index contributed by atoms with van der Waals surface area (Å²) in [7, 11) is 1.05. The van der Waals surface area contributed by atoms with E-state index in [1.807, 2.05) is 34.1 Å². The van der Waals surface area contributed by atoms with Gasteiger partial charge in [0.15, 0.2) is 17.3 Å². The maximum atomic E-state index is 15.1. The summed E-state index contributed by atoms with van der Waals surface area (Å²) in [5.41, 5.74) is 1.66. The predicted molar refractivity (Wildman–Crippen MR) is 174 cm³/mol. The molecule has 0 spiro atoms. The van der Waals surface area contributed by atoms with Crippen LogP contribution in [-0.2, 0) is 35.7 Å². The van der Waals surface area contributed by atoms with Crippen LogP contribution in [0.3, 0.4) is 0 Å². The van der Waals surface area contributed by atoms with Gasteiger partial charge >= 0.3 is 0 Å². The minimum atomic E-state index is -2.61. The quantitative estimate of drug-likeness (QED) is 0.0873. The number of benzene rings is 2. The number of aromatic nitrogens is 6. The Bertz CT molecular complexity index is 1850. The highest BCUT2D eigenvalue weighted by Crippen LogP contribution is 2.28. The molecule has 6 rings (SSSR count). The van der Waals surface area contributed by atoms with E-state index in [0.717, 1.165) is 17.7 Å². The Morgan fingerprint density at radius 3 is 2.48 bits per heavy atom. The minimum Gasteiger partial charge on any atom is -0.497 e. The van der Waals surface area contributed by atoms with Crippen LogP contribution in [0.4, 0.5) is 29.5 Å². The Balaban J connectivity index is 1.48. The summed E-state index contributed by atoms with van der Waals surface area (Å²) in [6.07, 6.45) is -1.75. The van der Waals surface area contributed by atoms with Gasteiger partial charge in [0, 0.05) is 47.0 Å².